The van der Waals surface area contributed by atoms with Gasteiger partial charge < -0.3 is 10.2 Å². The summed E-state index contributed by atoms with van der Waals surface area (Å²) in [6, 6.07) is 4.01. The Balaban J connectivity index is 1.58. The second-order valence-electron chi connectivity index (χ2n) is 7.64. The molecule has 1 heterocycles. The van der Waals surface area contributed by atoms with Crippen LogP contribution in [0.2, 0.25) is 0 Å². The van der Waals surface area contributed by atoms with E-state index in [1.165, 1.54) is 0 Å². The first-order valence-electron chi connectivity index (χ1n) is 11.2. The third-order valence-corrected chi connectivity index (χ3v) is 5.34. The van der Waals surface area contributed by atoms with Crippen LogP contribution in [0.1, 0.15) is 50.2 Å². The molecule has 0 aliphatic heterocycles. The van der Waals surface area contributed by atoms with Gasteiger partial charge in [-0.1, -0.05) is 31.6 Å². The molecule has 0 saturated carbocycles. The number of carbonyl (C=O) groups excluding carboxylic acids is 2. The second-order valence-corrected chi connectivity index (χ2v) is 7.64. The van der Waals surface area contributed by atoms with E-state index in [1.54, 1.807) is 36.7 Å². The molecule has 0 atom stereocenters. The van der Waals surface area contributed by atoms with Gasteiger partial charge in [-0.3, -0.25) is 14.6 Å². The summed E-state index contributed by atoms with van der Waals surface area (Å²) in [5.74, 6) is 0.0624. The lowest BCUT2D eigenvalue weighted by Crippen LogP contribution is -2.31. The van der Waals surface area contributed by atoms with E-state index in [-0.39, 0.29) is 18.2 Å². The van der Waals surface area contributed by atoms with Crippen molar-refractivity contribution in [2.75, 3.05) is 19.6 Å². The molecule has 2 amide bonds. The molecule has 168 valence electrons. The van der Waals surface area contributed by atoms with Crippen LogP contribution < -0.4 is 5.32 Å². The van der Waals surface area contributed by atoms with Crippen molar-refractivity contribution in [3.63, 3.8) is 0 Å². The van der Waals surface area contributed by atoms with Crippen LogP contribution in [0, 0.1) is 11.3 Å². The van der Waals surface area contributed by atoms with Gasteiger partial charge in [-0.15, -0.1) is 0 Å². The number of nitriles is 1. The Morgan fingerprint density at radius 2 is 2.12 bits per heavy atom. The quantitative estimate of drug-likeness (QED) is 0.288. The van der Waals surface area contributed by atoms with Crippen molar-refractivity contribution in [3.8, 4) is 6.07 Å². The lowest BCUT2D eigenvalue weighted by atomic mass is 10.1. The highest BCUT2D eigenvalue weighted by Crippen LogP contribution is 2.23. The lowest BCUT2D eigenvalue weighted by Gasteiger charge is -2.20. The molecule has 1 aromatic rings. The van der Waals surface area contributed by atoms with Crippen LogP contribution in [-0.4, -0.2) is 41.3 Å². The van der Waals surface area contributed by atoms with Crippen LogP contribution in [0.15, 0.2) is 60.5 Å². The summed E-state index contributed by atoms with van der Waals surface area (Å²) in [6.45, 7) is 7.59. The smallest absolute Gasteiger partial charge is 0.247 e. The molecular weight excluding hydrogens is 400 g/mol. The summed E-state index contributed by atoms with van der Waals surface area (Å²) in [4.78, 5) is 30.6. The van der Waals surface area contributed by atoms with Gasteiger partial charge >= 0.3 is 0 Å². The number of nitrogens with one attached hydrogen (secondary N) is 1. The van der Waals surface area contributed by atoms with Crippen LogP contribution in [-0.2, 0) is 16.0 Å². The number of aromatic nitrogens is 1. The van der Waals surface area contributed by atoms with Crippen LogP contribution in [0.5, 0.6) is 0 Å². The van der Waals surface area contributed by atoms with Crippen LogP contribution >= 0.6 is 0 Å². The number of nitrogens with zero attached hydrogens (tertiary/aromatic N) is 3. The fourth-order valence-electron chi connectivity index (χ4n) is 3.54. The van der Waals surface area contributed by atoms with E-state index in [2.05, 4.69) is 22.9 Å². The predicted octanol–water partition coefficient (Wildman–Crippen LogP) is 4.13. The minimum Gasteiger partial charge on any atom is -0.352 e. The molecule has 1 aromatic heterocycles. The van der Waals surface area contributed by atoms with E-state index in [4.69, 9.17) is 5.26 Å². The van der Waals surface area contributed by atoms with Crippen molar-refractivity contribution >= 4 is 17.9 Å². The maximum Gasteiger partial charge on any atom is 0.247 e. The van der Waals surface area contributed by atoms with Gasteiger partial charge in [-0.2, -0.15) is 5.26 Å². The minimum absolute atomic E-state index is 0.000463. The molecule has 0 aromatic carbocycles. The Kier molecular flexibility index (Phi) is 10.7. The monoisotopic (exact) mass is 432 g/mol. The van der Waals surface area contributed by atoms with Gasteiger partial charge in [-0.25, -0.2) is 0 Å². The van der Waals surface area contributed by atoms with Crippen LogP contribution in [0.25, 0.3) is 6.08 Å². The van der Waals surface area contributed by atoms with E-state index in [1.807, 2.05) is 24.0 Å². The summed E-state index contributed by atoms with van der Waals surface area (Å²) in [7, 11) is 0. The molecule has 0 radical (unpaired) electrons. The van der Waals surface area contributed by atoms with Gasteiger partial charge in [0.05, 0.1) is 11.6 Å². The fourth-order valence-corrected chi connectivity index (χ4v) is 3.54. The van der Waals surface area contributed by atoms with Crippen molar-refractivity contribution in [1.82, 2.24) is 15.2 Å². The standard InChI is InChI=1S/C26H32N4O2/c1-3-10-21(19-27)11-9-12-25(31)30(4-2)16-8-6-5-7-14-29-26(32)23-17-22-13-15-28-20-24(22)18-23/h3,9-11,13,15,18,20H,1,4-8,12,14,16-17H2,2H3,(H,29,32)/b11-9+,21-10+. The molecule has 0 saturated heterocycles. The zero-order valence-corrected chi connectivity index (χ0v) is 18.8. The largest absolute Gasteiger partial charge is 0.352 e. The van der Waals surface area contributed by atoms with E-state index in [9.17, 15) is 9.59 Å². The lowest BCUT2D eigenvalue weighted by molar-refractivity contribution is -0.130. The van der Waals surface area contributed by atoms with Crippen molar-refractivity contribution in [2.45, 2.75) is 45.4 Å². The molecule has 0 spiro atoms. The zero-order valence-electron chi connectivity index (χ0n) is 18.8. The van der Waals surface area contributed by atoms with Gasteiger partial charge in [0, 0.05) is 50.4 Å². The number of hydrogen-bond acceptors (Lipinski definition) is 4. The molecule has 6 heteroatoms. The summed E-state index contributed by atoms with van der Waals surface area (Å²) >= 11 is 0. The van der Waals surface area contributed by atoms with E-state index in [0.29, 0.717) is 25.1 Å². The first-order valence-corrected chi connectivity index (χ1v) is 11.2. The molecule has 0 bridgehead atoms. The van der Waals surface area contributed by atoms with Crippen molar-refractivity contribution in [1.29, 1.82) is 5.26 Å². The topological polar surface area (TPSA) is 86.1 Å². The molecule has 1 N–H and O–H groups in total. The Bertz CT molecular complexity index is 937. The number of pyridine rings is 1. The fraction of sp³-hybridized carbons (Fsp3) is 0.385. The normalized spacial score (nSPS) is 12.8. The highest BCUT2D eigenvalue weighted by atomic mass is 16.2. The number of rotatable bonds is 13. The van der Waals surface area contributed by atoms with Crippen LogP contribution in [0.3, 0.4) is 0 Å². The third kappa shape index (κ3) is 7.99. The van der Waals surface area contributed by atoms with Crippen molar-refractivity contribution in [2.24, 2.45) is 0 Å². The number of allylic oxidation sites excluding steroid dienone is 4. The molecule has 0 unspecified atom stereocenters. The van der Waals surface area contributed by atoms with Crippen molar-refractivity contribution < 1.29 is 9.59 Å². The minimum atomic E-state index is -0.000463. The molecule has 1 aliphatic rings. The maximum atomic E-state index is 12.3. The van der Waals surface area contributed by atoms with E-state index in [0.717, 1.165) is 48.9 Å². The Hall–Kier alpha value is -3.46. The zero-order chi connectivity index (χ0) is 23.2. The van der Waals surface area contributed by atoms with Gasteiger partial charge in [0.25, 0.3) is 0 Å². The SMILES string of the molecule is C=C/C=C(C#N)\C=C\CC(=O)N(CC)CCCCCCNC(=O)C1=Cc2cnccc2C1. The molecule has 1 aliphatic carbocycles. The highest BCUT2D eigenvalue weighted by molar-refractivity contribution is 6.00. The molecule has 6 nitrogen and oxygen atoms in total. The number of fused-ring (bicyclic) bond motifs is 1. The van der Waals surface area contributed by atoms with Gasteiger partial charge in [0.2, 0.25) is 11.8 Å². The number of hydrogen-bond donors (Lipinski definition) is 1. The van der Waals surface area contributed by atoms with Gasteiger partial charge in [0.15, 0.2) is 0 Å². The van der Waals surface area contributed by atoms with E-state index < -0.39 is 0 Å². The van der Waals surface area contributed by atoms with E-state index >= 15 is 0 Å². The molecule has 2 rings (SSSR count). The maximum absolute atomic E-state index is 12.3. The summed E-state index contributed by atoms with van der Waals surface area (Å²) < 4.78 is 0. The highest BCUT2D eigenvalue weighted by Gasteiger charge is 2.17. The summed E-state index contributed by atoms with van der Waals surface area (Å²) in [5.41, 5.74) is 3.45. The molecule has 32 heavy (non-hydrogen) atoms. The van der Waals surface area contributed by atoms with Crippen LogP contribution in [0.4, 0.5) is 0 Å². The Morgan fingerprint density at radius 1 is 1.31 bits per heavy atom. The first-order chi connectivity index (χ1) is 15.6. The average molecular weight is 433 g/mol. The number of amides is 2. The van der Waals surface area contributed by atoms with Crippen molar-refractivity contribution in [3.05, 3.63) is 71.6 Å². The second kappa shape index (κ2) is 13.8. The Labute approximate surface area is 191 Å². The predicted molar refractivity (Wildman–Crippen MR) is 127 cm³/mol. The number of unbranched alkanes of at least 4 members (excludes halogenated alkanes) is 3. The summed E-state index contributed by atoms with van der Waals surface area (Å²) in [6.07, 6.45) is 16.8. The summed E-state index contributed by atoms with van der Waals surface area (Å²) in [5, 5.41) is 12.0. The molecule has 0 fully saturated rings. The van der Waals surface area contributed by atoms with Gasteiger partial charge in [0.1, 0.15) is 0 Å². The van der Waals surface area contributed by atoms with Gasteiger partial charge in [-0.05, 0) is 55.2 Å². The first kappa shape index (κ1) is 24.8. The number of carbonyl (C=O) groups is 2. The third-order valence-electron chi connectivity index (χ3n) is 5.34. The average Bonchev–Trinajstić information content (AvgIpc) is 3.24. The Morgan fingerprint density at radius 3 is 2.84 bits per heavy atom. The molecular formula is C26H32N4O2.